The quantitative estimate of drug-likeness (QED) is 0.715. The lowest BCUT2D eigenvalue weighted by atomic mass is 10.2. The van der Waals surface area contributed by atoms with Crippen LogP contribution < -0.4 is 4.90 Å². The van der Waals surface area contributed by atoms with Crippen LogP contribution in [0.4, 0.5) is 5.82 Å². The number of alkyl halides is 1. The molecular formula is C14H24BrN3. The van der Waals surface area contributed by atoms with E-state index in [1.165, 1.54) is 12.8 Å². The van der Waals surface area contributed by atoms with Gasteiger partial charge in [-0.15, -0.1) is 0 Å². The Hall–Kier alpha value is -0.640. The first-order valence-electron chi connectivity index (χ1n) is 6.75. The molecule has 102 valence electrons. The van der Waals surface area contributed by atoms with E-state index < -0.39 is 0 Å². The van der Waals surface area contributed by atoms with Crippen LogP contribution in [0.25, 0.3) is 0 Å². The van der Waals surface area contributed by atoms with Gasteiger partial charge >= 0.3 is 0 Å². The van der Waals surface area contributed by atoms with Gasteiger partial charge < -0.3 is 4.90 Å². The summed E-state index contributed by atoms with van der Waals surface area (Å²) in [7, 11) is 0. The van der Waals surface area contributed by atoms with Gasteiger partial charge in [0.25, 0.3) is 0 Å². The van der Waals surface area contributed by atoms with Crippen molar-refractivity contribution in [3.05, 3.63) is 17.6 Å². The molecule has 1 aromatic rings. The van der Waals surface area contributed by atoms with E-state index in [1.807, 2.05) is 6.92 Å². The molecule has 1 rings (SSSR count). The van der Waals surface area contributed by atoms with Crippen LogP contribution in [0.1, 0.15) is 51.0 Å². The number of rotatable bonds is 7. The van der Waals surface area contributed by atoms with Crippen LogP contribution in [0.3, 0.4) is 0 Å². The molecule has 0 aliphatic carbocycles. The smallest absolute Gasteiger partial charge is 0.133 e. The standard InChI is InChI=1S/C14H24BrN3/c1-5-6-8-18(9-7-15)13-10-12(4)16-14(17-13)11(2)3/h10-11H,5-9H2,1-4H3. The van der Waals surface area contributed by atoms with Gasteiger partial charge in [-0.05, 0) is 13.3 Å². The highest BCUT2D eigenvalue weighted by Crippen LogP contribution is 2.17. The SMILES string of the molecule is CCCCN(CCBr)c1cc(C)nc(C(C)C)n1. The molecule has 1 aromatic heterocycles. The van der Waals surface area contributed by atoms with E-state index in [2.05, 4.69) is 52.7 Å². The summed E-state index contributed by atoms with van der Waals surface area (Å²) in [6.07, 6.45) is 2.41. The molecule has 0 fully saturated rings. The zero-order chi connectivity index (χ0) is 13.5. The van der Waals surface area contributed by atoms with Gasteiger partial charge in [0.2, 0.25) is 0 Å². The fourth-order valence-electron chi connectivity index (χ4n) is 1.79. The monoisotopic (exact) mass is 313 g/mol. The third kappa shape index (κ3) is 4.56. The maximum Gasteiger partial charge on any atom is 0.133 e. The van der Waals surface area contributed by atoms with Gasteiger partial charge in [0.15, 0.2) is 0 Å². The van der Waals surface area contributed by atoms with Crippen LogP contribution in [0.5, 0.6) is 0 Å². The zero-order valence-corrected chi connectivity index (χ0v) is 13.5. The molecule has 0 aromatic carbocycles. The van der Waals surface area contributed by atoms with E-state index in [9.17, 15) is 0 Å². The first-order valence-corrected chi connectivity index (χ1v) is 7.87. The number of nitrogens with zero attached hydrogens (tertiary/aromatic N) is 3. The summed E-state index contributed by atoms with van der Waals surface area (Å²) >= 11 is 3.52. The van der Waals surface area contributed by atoms with Gasteiger partial charge in [-0.2, -0.15) is 0 Å². The minimum Gasteiger partial charge on any atom is -0.356 e. The van der Waals surface area contributed by atoms with Gasteiger partial charge in [0.05, 0.1) is 0 Å². The molecule has 0 spiro atoms. The highest BCUT2D eigenvalue weighted by Gasteiger charge is 2.11. The van der Waals surface area contributed by atoms with Crippen molar-refractivity contribution in [3.8, 4) is 0 Å². The fraction of sp³-hybridized carbons (Fsp3) is 0.714. The first kappa shape index (κ1) is 15.4. The highest BCUT2D eigenvalue weighted by molar-refractivity contribution is 9.09. The average Bonchev–Trinajstić information content (AvgIpc) is 2.33. The third-order valence-electron chi connectivity index (χ3n) is 2.83. The van der Waals surface area contributed by atoms with Crippen molar-refractivity contribution in [3.63, 3.8) is 0 Å². The van der Waals surface area contributed by atoms with Crippen molar-refractivity contribution < 1.29 is 0 Å². The molecule has 0 N–H and O–H groups in total. The van der Waals surface area contributed by atoms with Crippen molar-refractivity contribution in [2.75, 3.05) is 23.3 Å². The number of hydrogen-bond donors (Lipinski definition) is 0. The largest absolute Gasteiger partial charge is 0.356 e. The zero-order valence-electron chi connectivity index (χ0n) is 11.9. The third-order valence-corrected chi connectivity index (χ3v) is 3.19. The maximum atomic E-state index is 4.70. The minimum absolute atomic E-state index is 0.376. The molecule has 4 heteroatoms. The Morgan fingerprint density at radius 3 is 2.56 bits per heavy atom. The molecule has 0 atom stereocenters. The summed E-state index contributed by atoms with van der Waals surface area (Å²) < 4.78 is 0. The summed E-state index contributed by atoms with van der Waals surface area (Å²) in [4.78, 5) is 11.6. The molecular weight excluding hydrogens is 290 g/mol. The van der Waals surface area contributed by atoms with Crippen LogP contribution in [-0.2, 0) is 0 Å². The molecule has 0 saturated heterocycles. The van der Waals surface area contributed by atoms with Crippen LogP contribution in [0, 0.1) is 6.92 Å². The number of aryl methyl sites for hydroxylation is 1. The number of anilines is 1. The Labute approximate surface area is 119 Å². The van der Waals surface area contributed by atoms with E-state index >= 15 is 0 Å². The Bertz CT molecular complexity index is 366. The summed E-state index contributed by atoms with van der Waals surface area (Å²) in [6, 6.07) is 2.09. The number of unbranched alkanes of at least 4 members (excludes halogenated alkanes) is 1. The van der Waals surface area contributed by atoms with Crippen molar-refractivity contribution in [2.24, 2.45) is 0 Å². The molecule has 0 aliphatic rings. The van der Waals surface area contributed by atoms with E-state index in [-0.39, 0.29) is 0 Å². The summed E-state index contributed by atoms with van der Waals surface area (Å²) in [6.45, 7) is 10.6. The van der Waals surface area contributed by atoms with E-state index in [4.69, 9.17) is 4.98 Å². The van der Waals surface area contributed by atoms with E-state index in [1.54, 1.807) is 0 Å². The molecule has 1 heterocycles. The molecule has 3 nitrogen and oxygen atoms in total. The van der Waals surface area contributed by atoms with Crippen molar-refractivity contribution in [1.82, 2.24) is 9.97 Å². The number of hydrogen-bond acceptors (Lipinski definition) is 3. The lowest BCUT2D eigenvalue weighted by Gasteiger charge is -2.23. The molecule has 0 radical (unpaired) electrons. The minimum atomic E-state index is 0.376. The fourth-order valence-corrected chi connectivity index (χ4v) is 2.21. The number of halogens is 1. The Kier molecular flexibility index (Phi) is 6.61. The summed E-state index contributed by atoms with van der Waals surface area (Å²) in [5, 5.41) is 0.969. The molecule has 0 bridgehead atoms. The van der Waals surface area contributed by atoms with E-state index in [0.717, 1.165) is 35.8 Å². The second-order valence-corrected chi connectivity index (χ2v) is 5.70. The maximum absolute atomic E-state index is 4.70. The van der Waals surface area contributed by atoms with Crippen LogP contribution in [0.15, 0.2) is 6.07 Å². The summed E-state index contributed by atoms with van der Waals surface area (Å²) in [5.41, 5.74) is 1.06. The normalized spacial score (nSPS) is 11.0. The first-order chi connectivity index (χ1) is 8.58. The van der Waals surface area contributed by atoms with Gasteiger partial charge in [0.1, 0.15) is 11.6 Å². The Morgan fingerprint density at radius 1 is 1.28 bits per heavy atom. The van der Waals surface area contributed by atoms with E-state index in [0.29, 0.717) is 5.92 Å². The van der Waals surface area contributed by atoms with Gasteiger partial charge in [-0.25, -0.2) is 9.97 Å². The van der Waals surface area contributed by atoms with Crippen molar-refractivity contribution in [1.29, 1.82) is 0 Å². The van der Waals surface area contributed by atoms with Crippen molar-refractivity contribution in [2.45, 2.75) is 46.5 Å². The van der Waals surface area contributed by atoms with Crippen LogP contribution in [0.2, 0.25) is 0 Å². The predicted octanol–water partition coefficient (Wildman–Crippen LogP) is 3.91. The predicted molar refractivity (Wildman–Crippen MR) is 81.8 cm³/mol. The highest BCUT2D eigenvalue weighted by atomic mass is 79.9. The number of aromatic nitrogens is 2. The van der Waals surface area contributed by atoms with Gasteiger partial charge in [0, 0.05) is 36.1 Å². The molecule has 0 unspecified atom stereocenters. The Balaban J connectivity index is 2.95. The average molecular weight is 314 g/mol. The van der Waals surface area contributed by atoms with Crippen LogP contribution >= 0.6 is 15.9 Å². The van der Waals surface area contributed by atoms with Gasteiger partial charge in [-0.1, -0.05) is 43.1 Å². The second kappa shape index (κ2) is 7.72. The lowest BCUT2D eigenvalue weighted by molar-refractivity contribution is 0.708. The van der Waals surface area contributed by atoms with Gasteiger partial charge in [-0.3, -0.25) is 0 Å². The molecule has 18 heavy (non-hydrogen) atoms. The molecule has 0 amide bonds. The topological polar surface area (TPSA) is 29.0 Å². The van der Waals surface area contributed by atoms with Crippen molar-refractivity contribution >= 4 is 21.7 Å². The van der Waals surface area contributed by atoms with Crippen LogP contribution in [-0.4, -0.2) is 28.4 Å². The molecule has 0 saturated carbocycles. The summed E-state index contributed by atoms with van der Waals surface area (Å²) in [5.74, 6) is 2.39. The molecule has 0 aliphatic heterocycles. The lowest BCUT2D eigenvalue weighted by Crippen LogP contribution is -2.28. The second-order valence-electron chi connectivity index (χ2n) is 4.91. The Morgan fingerprint density at radius 2 is 2.00 bits per heavy atom.